The topological polar surface area (TPSA) is 123 Å². The van der Waals surface area contributed by atoms with Crippen LogP contribution in [0.25, 0.3) is 11.2 Å². The van der Waals surface area contributed by atoms with Crippen molar-refractivity contribution in [1.82, 2.24) is 24.4 Å². The average Bonchev–Trinajstić information content (AvgIpc) is 3.54. The normalized spacial score (nSPS) is 17.1. The summed E-state index contributed by atoms with van der Waals surface area (Å²) in [5.74, 6) is 0.889. The lowest BCUT2D eigenvalue weighted by atomic mass is 10.2. The van der Waals surface area contributed by atoms with Crippen LogP contribution in [0.4, 0.5) is 17.5 Å². The lowest BCUT2D eigenvalue weighted by Gasteiger charge is -2.26. The number of nitrogens with zero attached hydrogens (tertiary/aromatic N) is 5. The molecule has 1 saturated heterocycles. The van der Waals surface area contributed by atoms with Gasteiger partial charge in [0, 0.05) is 44.3 Å². The maximum Gasteiger partial charge on any atom is 0.226 e. The van der Waals surface area contributed by atoms with E-state index in [0.29, 0.717) is 37.2 Å². The Hall–Kier alpha value is -3.24. The number of anilines is 3. The smallest absolute Gasteiger partial charge is 0.226 e. The molecule has 1 amide bonds. The maximum atomic E-state index is 11.1. The molecule has 186 valence electrons. The maximum absolute atomic E-state index is 11.1. The summed E-state index contributed by atoms with van der Waals surface area (Å²) in [6, 6.07) is 8.88. The number of morpholine rings is 1. The number of hydrogen-bond acceptors (Lipinski definition) is 8. The molecule has 0 spiro atoms. The molecule has 2 aliphatic rings. The Morgan fingerprint density at radius 3 is 2.63 bits per heavy atom. The van der Waals surface area contributed by atoms with Gasteiger partial charge in [-0.15, -0.1) is 0 Å². The molecule has 0 atom stereocenters. The van der Waals surface area contributed by atoms with E-state index in [1.807, 2.05) is 6.33 Å². The van der Waals surface area contributed by atoms with Gasteiger partial charge in [-0.25, -0.2) is 4.98 Å². The molecule has 2 aromatic heterocycles. The van der Waals surface area contributed by atoms with Gasteiger partial charge in [-0.2, -0.15) is 9.97 Å². The Morgan fingerprint density at radius 2 is 1.89 bits per heavy atom. The third-order valence-corrected chi connectivity index (χ3v) is 6.75. The molecule has 1 aromatic carbocycles. The Bertz CT molecular complexity index is 1130. The van der Waals surface area contributed by atoms with E-state index < -0.39 is 0 Å². The fourth-order valence-electron chi connectivity index (χ4n) is 4.84. The molecule has 0 unspecified atom stereocenters. The summed E-state index contributed by atoms with van der Waals surface area (Å²) in [6.45, 7) is 5.04. The van der Waals surface area contributed by atoms with E-state index >= 15 is 0 Å². The van der Waals surface area contributed by atoms with Crippen molar-refractivity contribution in [3.8, 4) is 0 Å². The highest BCUT2D eigenvalue weighted by molar-refractivity contribution is 5.86. The first-order chi connectivity index (χ1) is 17.2. The van der Waals surface area contributed by atoms with Crippen molar-refractivity contribution in [1.29, 1.82) is 0 Å². The molecule has 10 heteroatoms. The molecule has 0 radical (unpaired) electrons. The number of hydrogen-bond donors (Lipinski definition) is 3. The second-order valence-electron chi connectivity index (χ2n) is 9.37. The highest BCUT2D eigenvalue weighted by atomic mass is 16.5. The van der Waals surface area contributed by atoms with Crippen molar-refractivity contribution in [2.24, 2.45) is 5.73 Å². The molecule has 3 heterocycles. The zero-order valence-corrected chi connectivity index (χ0v) is 20.1. The molecular weight excluding hydrogens is 444 g/mol. The van der Waals surface area contributed by atoms with Gasteiger partial charge in [0.1, 0.15) is 0 Å². The number of amides is 1. The van der Waals surface area contributed by atoms with Gasteiger partial charge in [-0.3, -0.25) is 9.69 Å². The van der Waals surface area contributed by atoms with Crippen LogP contribution in [-0.2, 0) is 16.1 Å². The largest absolute Gasteiger partial charge is 0.379 e. The number of fused-ring (bicyclic) bond motifs is 1. The Kier molecular flexibility index (Phi) is 7.39. The minimum absolute atomic E-state index is 0.304. The van der Waals surface area contributed by atoms with Gasteiger partial charge in [0.25, 0.3) is 0 Å². The van der Waals surface area contributed by atoms with Crippen molar-refractivity contribution in [2.75, 3.05) is 43.5 Å². The van der Waals surface area contributed by atoms with Crippen LogP contribution in [0.1, 0.15) is 50.1 Å². The third kappa shape index (κ3) is 5.88. The highest BCUT2D eigenvalue weighted by Gasteiger charge is 2.22. The summed E-state index contributed by atoms with van der Waals surface area (Å²) in [6.07, 6.45) is 7.60. The first-order valence-electron chi connectivity index (χ1n) is 12.6. The van der Waals surface area contributed by atoms with Crippen molar-refractivity contribution in [2.45, 2.75) is 51.1 Å². The van der Waals surface area contributed by atoms with Gasteiger partial charge in [0.2, 0.25) is 11.9 Å². The molecule has 4 N–H and O–H groups in total. The average molecular weight is 479 g/mol. The number of carbonyl (C=O) groups excluding carboxylic acids is 1. The van der Waals surface area contributed by atoms with Crippen LogP contribution in [0.15, 0.2) is 30.6 Å². The molecule has 2 fully saturated rings. The van der Waals surface area contributed by atoms with Gasteiger partial charge in [0.15, 0.2) is 17.0 Å². The standard InChI is InChI=1S/C25H34N8O2/c26-21(34)6-3-11-27-25-30-23(22-24(31-25)33(17-28-22)20-4-1-2-5-20)29-19-9-7-18(8-10-19)16-32-12-14-35-15-13-32/h7-10,17,20H,1-6,11-16H2,(H2,26,34)(H2,27,29,30,31). The first kappa shape index (κ1) is 23.5. The van der Waals surface area contributed by atoms with Crippen LogP contribution in [-0.4, -0.2) is 63.2 Å². The molecule has 5 rings (SSSR count). The number of imidazole rings is 1. The number of benzene rings is 1. The predicted octanol–water partition coefficient (Wildman–Crippen LogP) is 3.19. The van der Waals surface area contributed by atoms with E-state index in [-0.39, 0.29) is 5.91 Å². The summed E-state index contributed by atoms with van der Waals surface area (Å²) in [4.78, 5) is 27.7. The highest BCUT2D eigenvalue weighted by Crippen LogP contribution is 2.33. The van der Waals surface area contributed by atoms with Gasteiger partial charge in [0.05, 0.1) is 19.5 Å². The van der Waals surface area contributed by atoms with E-state index in [4.69, 9.17) is 20.4 Å². The number of primary amides is 1. The Balaban J connectivity index is 1.35. The van der Waals surface area contributed by atoms with Crippen LogP contribution < -0.4 is 16.4 Å². The van der Waals surface area contributed by atoms with Crippen LogP contribution >= 0.6 is 0 Å². The number of carbonyl (C=O) groups is 1. The van der Waals surface area contributed by atoms with E-state index in [0.717, 1.165) is 62.5 Å². The zero-order valence-electron chi connectivity index (χ0n) is 20.1. The van der Waals surface area contributed by atoms with Crippen molar-refractivity contribution < 1.29 is 9.53 Å². The first-order valence-corrected chi connectivity index (χ1v) is 12.6. The molecule has 1 saturated carbocycles. The predicted molar refractivity (Wildman–Crippen MR) is 136 cm³/mol. The molecule has 0 bridgehead atoms. The summed E-state index contributed by atoms with van der Waals surface area (Å²) >= 11 is 0. The van der Waals surface area contributed by atoms with E-state index in [2.05, 4.69) is 49.4 Å². The summed E-state index contributed by atoms with van der Waals surface area (Å²) in [7, 11) is 0. The van der Waals surface area contributed by atoms with Crippen molar-refractivity contribution in [3.05, 3.63) is 36.2 Å². The molecule has 1 aliphatic heterocycles. The number of aromatic nitrogens is 4. The second kappa shape index (κ2) is 11.0. The van der Waals surface area contributed by atoms with Gasteiger partial charge in [-0.05, 0) is 37.0 Å². The number of rotatable bonds is 10. The van der Waals surface area contributed by atoms with Crippen LogP contribution in [0, 0.1) is 0 Å². The third-order valence-electron chi connectivity index (χ3n) is 6.75. The minimum atomic E-state index is -0.304. The van der Waals surface area contributed by atoms with Gasteiger partial charge in [-0.1, -0.05) is 25.0 Å². The molecule has 3 aromatic rings. The van der Waals surface area contributed by atoms with Crippen LogP contribution in [0.2, 0.25) is 0 Å². The van der Waals surface area contributed by atoms with Crippen LogP contribution in [0.3, 0.4) is 0 Å². The molecule has 1 aliphatic carbocycles. The zero-order chi connectivity index (χ0) is 24.0. The summed E-state index contributed by atoms with van der Waals surface area (Å²) in [5.41, 5.74) is 9.08. The quantitative estimate of drug-likeness (QED) is 0.380. The molecular formula is C25H34N8O2. The number of nitrogens with two attached hydrogens (primary N) is 1. The van der Waals surface area contributed by atoms with Crippen molar-refractivity contribution >= 4 is 34.5 Å². The van der Waals surface area contributed by atoms with Gasteiger partial charge < -0.3 is 25.7 Å². The Morgan fingerprint density at radius 1 is 1.11 bits per heavy atom. The SMILES string of the molecule is NC(=O)CCCNc1nc(Nc2ccc(CN3CCOCC3)cc2)c2ncn(C3CCCC3)c2n1. The molecule has 35 heavy (non-hydrogen) atoms. The van der Waals surface area contributed by atoms with Crippen molar-refractivity contribution in [3.63, 3.8) is 0 Å². The van der Waals surface area contributed by atoms with Crippen LogP contribution in [0.5, 0.6) is 0 Å². The second-order valence-corrected chi connectivity index (χ2v) is 9.37. The number of ether oxygens (including phenoxy) is 1. The number of nitrogens with one attached hydrogen (secondary N) is 2. The van der Waals surface area contributed by atoms with Gasteiger partial charge >= 0.3 is 0 Å². The lowest BCUT2D eigenvalue weighted by Crippen LogP contribution is -2.35. The molecule has 10 nitrogen and oxygen atoms in total. The minimum Gasteiger partial charge on any atom is -0.379 e. The van der Waals surface area contributed by atoms with E-state index in [1.54, 1.807) is 0 Å². The lowest BCUT2D eigenvalue weighted by molar-refractivity contribution is -0.118. The fraction of sp³-hybridized carbons (Fsp3) is 0.520. The Labute approximate surface area is 205 Å². The van der Waals surface area contributed by atoms with E-state index in [1.165, 1.54) is 18.4 Å². The summed E-state index contributed by atoms with van der Waals surface area (Å²) in [5, 5.41) is 6.71. The summed E-state index contributed by atoms with van der Waals surface area (Å²) < 4.78 is 7.64. The fourth-order valence-corrected chi connectivity index (χ4v) is 4.84. The van der Waals surface area contributed by atoms with E-state index in [9.17, 15) is 4.79 Å². The monoisotopic (exact) mass is 478 g/mol.